The van der Waals surface area contributed by atoms with Gasteiger partial charge in [0.1, 0.15) is 44.6 Å². The first-order chi connectivity index (χ1) is 56.9. The number of halogens is 8. The Balaban J connectivity index is 0.000000162. The lowest BCUT2D eigenvalue weighted by atomic mass is 10.1. The number of nitrogens with one attached hydrogen (secondary N) is 2. The van der Waals surface area contributed by atoms with Crippen LogP contribution in [0.1, 0.15) is 85.8 Å². The normalized spacial score (nSPS) is 10.7. The molecule has 15 aromatic rings. The van der Waals surface area contributed by atoms with Gasteiger partial charge in [0.05, 0.1) is 78.1 Å². The number of aromatic carboxylic acids is 2. The third-order valence-electron chi connectivity index (χ3n) is 15.5. The number of alkyl halides is 4. The summed E-state index contributed by atoms with van der Waals surface area (Å²) < 4.78 is 26.8. The third-order valence-corrected chi connectivity index (χ3v) is 27.9. The van der Waals surface area contributed by atoms with E-state index in [1.807, 2.05) is 107 Å². The van der Waals surface area contributed by atoms with E-state index in [0.29, 0.717) is 66.1 Å². The average molecular weight is 1950 g/mol. The average Bonchev–Trinajstić information content (AvgIpc) is 1.64. The first-order valence-corrected chi connectivity index (χ1v) is 46.3. The highest BCUT2D eigenvalue weighted by Crippen LogP contribution is 2.44. The molecule has 604 valence electrons. The number of methoxy groups -OCH3 is 2. The van der Waals surface area contributed by atoms with Crippen molar-refractivity contribution in [2.24, 2.45) is 0 Å². The second-order valence-electron chi connectivity index (χ2n) is 22.9. The predicted molar refractivity (Wildman–Crippen MR) is 493 cm³/mol. The van der Waals surface area contributed by atoms with E-state index >= 15 is 0 Å². The molecular formula is C81H54Cl8N3O15S11+. The molecule has 4 N–H and O–H groups in total. The highest BCUT2D eigenvalue weighted by molar-refractivity contribution is 8.01. The molecule has 0 saturated carbocycles. The fraction of sp³-hybridized carbons (Fsp3) is 0.0741. The molecule has 10 aromatic heterocycles. The number of fused-ring (bicyclic) bond motifs is 4. The van der Waals surface area contributed by atoms with Crippen LogP contribution in [0.5, 0.6) is 0 Å². The number of carbonyl (C=O) groups excluding carboxylic acids is 7. The number of hydrogen-bond donors (Lipinski definition) is 4. The molecule has 11 heterocycles. The van der Waals surface area contributed by atoms with Crippen molar-refractivity contribution in [3.05, 3.63) is 281 Å². The smallest absolute Gasteiger partial charge is 0.421 e. The molecule has 5 aromatic carbocycles. The topological polar surface area (TPSA) is 258 Å². The maximum Gasteiger partial charge on any atom is 0.421 e. The molecule has 0 bridgehead atoms. The summed E-state index contributed by atoms with van der Waals surface area (Å²) in [4.78, 5) is 117. The number of hydrogen-bond acceptors (Lipinski definition) is 24. The van der Waals surface area contributed by atoms with Crippen molar-refractivity contribution in [3.63, 3.8) is 0 Å². The van der Waals surface area contributed by atoms with Gasteiger partial charge in [-0.05, 0) is 140 Å². The Morgan fingerprint density at radius 2 is 0.873 bits per heavy atom. The lowest BCUT2D eigenvalue weighted by Gasteiger charge is -2.20. The summed E-state index contributed by atoms with van der Waals surface area (Å²) in [6, 6.07) is 52.3. The number of carboxylic acid groups (broad SMARTS) is 2. The lowest BCUT2D eigenvalue weighted by molar-refractivity contribution is 0.0593. The van der Waals surface area contributed by atoms with Crippen LogP contribution in [0.25, 0.3) is 65.6 Å². The highest BCUT2D eigenvalue weighted by Gasteiger charge is 2.35. The number of benzene rings is 5. The van der Waals surface area contributed by atoms with E-state index in [2.05, 4.69) is 16.0 Å². The minimum absolute atomic E-state index is 0.0370. The number of carboxylic acids is 2. The lowest BCUT2D eigenvalue weighted by Crippen LogP contribution is -2.37. The molecule has 118 heavy (non-hydrogen) atoms. The zero-order valence-electron chi connectivity index (χ0n) is 60.3. The quantitative estimate of drug-likeness (QED) is 0.0217. The van der Waals surface area contributed by atoms with E-state index < -0.39 is 42.0 Å². The summed E-state index contributed by atoms with van der Waals surface area (Å²) >= 11 is 57.6. The largest absolute Gasteiger partial charge is 0.478 e. The molecule has 0 atom stereocenters. The molecule has 0 spiro atoms. The van der Waals surface area contributed by atoms with Crippen LogP contribution in [0.15, 0.2) is 213 Å². The fourth-order valence-electron chi connectivity index (χ4n) is 10.3. The molecule has 0 unspecified atom stereocenters. The van der Waals surface area contributed by atoms with Crippen molar-refractivity contribution < 1.29 is 72.3 Å². The van der Waals surface area contributed by atoms with Crippen LogP contribution in [-0.2, 0) is 32.2 Å². The van der Waals surface area contributed by atoms with Crippen LogP contribution >= 0.6 is 218 Å². The Hall–Kier alpha value is -8.57. The number of esters is 2. The Labute approximate surface area is 757 Å². The number of imide groups is 1. The Bertz CT molecular complexity index is 5940. The summed E-state index contributed by atoms with van der Waals surface area (Å²) in [6.45, 7) is 0.0964. The maximum absolute atomic E-state index is 13.8. The first kappa shape index (κ1) is 91.7. The van der Waals surface area contributed by atoms with E-state index in [1.165, 1.54) is 117 Å². The van der Waals surface area contributed by atoms with Gasteiger partial charge in [0.2, 0.25) is 0 Å². The molecule has 16 rings (SSSR count). The first-order valence-electron chi connectivity index (χ1n) is 33.3. The van der Waals surface area contributed by atoms with Crippen molar-refractivity contribution in [2.45, 2.75) is 18.1 Å². The van der Waals surface area contributed by atoms with Crippen LogP contribution in [0.4, 0.5) is 26.7 Å². The van der Waals surface area contributed by atoms with E-state index in [9.17, 15) is 48.3 Å². The van der Waals surface area contributed by atoms with E-state index in [-0.39, 0.29) is 57.4 Å². The van der Waals surface area contributed by atoms with Gasteiger partial charge in [0.25, 0.3) is 17.1 Å². The van der Waals surface area contributed by atoms with Crippen molar-refractivity contribution in [2.75, 3.05) is 40.4 Å². The van der Waals surface area contributed by atoms with Gasteiger partial charge < -0.3 is 34.5 Å². The molecule has 0 fully saturated rings. The van der Waals surface area contributed by atoms with Gasteiger partial charge in [-0.25, -0.2) is 33.7 Å². The second kappa shape index (κ2) is 45.2. The molecular weight excluding hydrogens is 1890 g/mol. The number of rotatable bonds is 17. The molecule has 4 amide bonds. The maximum atomic E-state index is 13.8. The number of thiophene rings is 10. The van der Waals surface area contributed by atoms with Crippen LogP contribution in [0.3, 0.4) is 0 Å². The number of carbonyl (C=O) groups is 9. The fourth-order valence-corrected chi connectivity index (χ4v) is 21.7. The highest BCUT2D eigenvalue weighted by atomic mass is 35.5. The number of anilines is 3. The van der Waals surface area contributed by atoms with Crippen LogP contribution in [-0.4, -0.2) is 88.2 Å². The molecule has 0 saturated heterocycles. The van der Waals surface area contributed by atoms with Gasteiger partial charge in [0.15, 0.2) is 16.4 Å². The van der Waals surface area contributed by atoms with Crippen LogP contribution in [0, 0.1) is 5.41 Å². The molecule has 1 aliphatic rings. The molecule has 37 heteroatoms. The van der Waals surface area contributed by atoms with Gasteiger partial charge in [-0.2, -0.15) is 0 Å². The number of amides is 4. The van der Waals surface area contributed by atoms with Crippen molar-refractivity contribution in [3.8, 4) is 31.3 Å². The number of thioether (sulfide) groups is 1. The number of nitrogens with zero attached hydrogens (tertiary/aromatic N) is 1. The summed E-state index contributed by atoms with van der Waals surface area (Å²) in [7, 11) is 2.55. The standard InChI is InChI=1S/C27H18ClNO5S3.C20H16ClNO4S.C18H10ClNO3S3.C7H2ClOS2.C7H4O2S2.2CH2Cl2/c1-33-26(31)23-19(15-36-24(23)17-7-9-18(28)10-8-17)29(27(32)34-14-16-5-3-2-4-6-16)25(30)22-13-21-20(37-22)11-12-35-21;1-25-19(23)17-16(12-27-18(17)14-7-9-15(21)10-8-14)22-20(24)26-11-13-5-3-2-4-6-13;19-10-3-1-9(2-4-10)16-15(18(22)23)11(8-25-16)20-17(21)14-7-13-12(26-14)5-6-24-13;2*8-7(9)6-3-5-4(11-6)1-2-10-5;2*2-1-3/h2-13,15H,14H2,1H3;2-10,12H,11H2,1H3,(H,22,24);1-8H,(H,20,21)(H,22,23);1,3H;1-3H,(H,8,9);2*1H2/q;;;+1;;;. The molecule has 1 aliphatic heterocycles. The van der Waals surface area contributed by atoms with Crippen molar-refractivity contribution in [1.82, 2.24) is 0 Å². The molecule has 0 radical (unpaired) electrons. The minimum atomic E-state index is -1.08. The Morgan fingerprint density at radius 1 is 0.449 bits per heavy atom. The summed E-state index contributed by atoms with van der Waals surface area (Å²) in [5, 5.41) is 39.1. The molecule has 18 nitrogen and oxygen atoms in total. The molecule has 0 aliphatic carbocycles. The Morgan fingerprint density at radius 3 is 1.33 bits per heavy atom. The van der Waals surface area contributed by atoms with Gasteiger partial charge in [-0.1, -0.05) is 132 Å². The summed E-state index contributed by atoms with van der Waals surface area (Å²) in [5.74, 6) is -4.03. The second-order valence-corrected chi connectivity index (χ2v) is 36.9. The van der Waals surface area contributed by atoms with Crippen LogP contribution in [0.2, 0.25) is 15.1 Å². The minimum Gasteiger partial charge on any atom is -0.478 e. The number of ether oxygens (including phenoxy) is 4. The summed E-state index contributed by atoms with van der Waals surface area (Å²) in [5.41, 5.74) is 5.08. The predicted octanol–water partition coefficient (Wildman–Crippen LogP) is 28.5. The SMILES string of the molecule is COC(=O)c1c(N(C(=O)OCc2ccccc2)C(=O)c2cc3sccc3s2)csc1-c1ccc(Cl)cc1.COC(=O)c1c(NC(=O)OCc2ccccc2)csc1-c1ccc(Cl)cc1.ClCCl.ClCCl.O=C(Cl)c1cc2c(s1)C=[C+]S2.O=C(Nc1csc(-c2ccc(Cl)cc2)c1C(=O)O)c1cc2sccc2s1.O=C(O)c1cc2sccc2s1. The van der Waals surface area contributed by atoms with Gasteiger partial charge in [-0.15, -0.1) is 148 Å². The van der Waals surface area contributed by atoms with Crippen molar-refractivity contribution >= 4 is 322 Å². The third kappa shape index (κ3) is 24.6. The van der Waals surface area contributed by atoms with E-state index in [1.54, 1.807) is 130 Å². The van der Waals surface area contributed by atoms with Gasteiger partial charge in [-0.3, -0.25) is 19.7 Å². The summed E-state index contributed by atoms with van der Waals surface area (Å²) in [6.07, 6.45) is 0.328. The zero-order chi connectivity index (χ0) is 84.5. The zero-order valence-corrected chi connectivity index (χ0v) is 75.3. The van der Waals surface area contributed by atoms with Crippen molar-refractivity contribution in [1.29, 1.82) is 0 Å². The van der Waals surface area contributed by atoms with E-state index in [0.717, 1.165) is 65.1 Å². The Kier molecular flexibility index (Phi) is 35.1. The van der Waals surface area contributed by atoms with Gasteiger partial charge >= 0.3 is 36.1 Å². The van der Waals surface area contributed by atoms with E-state index in [4.69, 9.17) is 117 Å². The van der Waals surface area contributed by atoms with Crippen LogP contribution < -0.4 is 15.5 Å². The monoisotopic (exact) mass is 1940 g/mol. The van der Waals surface area contributed by atoms with Gasteiger partial charge in [0, 0.05) is 65.5 Å².